The highest BCUT2D eigenvalue weighted by molar-refractivity contribution is 7.92. The highest BCUT2D eigenvalue weighted by atomic mass is 32.2. The molecule has 2 aliphatic rings. The molecule has 1 fully saturated rings. The molecule has 4 N–H and O–H groups in total. The molecule has 0 aromatic carbocycles. The maximum atomic E-state index is 12.7. The van der Waals surface area contributed by atoms with Crippen molar-refractivity contribution in [2.75, 3.05) is 12.8 Å². The van der Waals surface area contributed by atoms with E-state index >= 15 is 0 Å². The number of hydrogen-bond acceptors (Lipinski definition) is 7. The lowest BCUT2D eigenvalue weighted by Crippen LogP contribution is -2.50. The summed E-state index contributed by atoms with van der Waals surface area (Å²) in [6, 6.07) is 5.48. The van der Waals surface area contributed by atoms with Gasteiger partial charge in [0, 0.05) is 35.1 Å². The number of hydroxylamine groups is 1. The number of hydrogen-bond donors (Lipinski definition) is 3. The average molecular weight is 477 g/mol. The van der Waals surface area contributed by atoms with Gasteiger partial charge in [-0.25, -0.2) is 18.7 Å². The van der Waals surface area contributed by atoms with Crippen LogP contribution in [0.3, 0.4) is 0 Å². The summed E-state index contributed by atoms with van der Waals surface area (Å²) < 4.78 is 23.8. The van der Waals surface area contributed by atoms with E-state index in [0.717, 1.165) is 34.5 Å². The summed E-state index contributed by atoms with van der Waals surface area (Å²) in [6.07, 6.45) is 4.43. The molecule has 2 aromatic heterocycles. The van der Waals surface area contributed by atoms with Crippen molar-refractivity contribution >= 4 is 33.1 Å². The molecule has 3 heterocycles. The van der Waals surface area contributed by atoms with Gasteiger partial charge in [0.1, 0.15) is 0 Å². The topological polar surface area (TPSA) is 135 Å². The van der Waals surface area contributed by atoms with Crippen LogP contribution < -0.4 is 11.2 Å². The van der Waals surface area contributed by atoms with E-state index in [1.807, 2.05) is 18.2 Å². The molecule has 0 saturated heterocycles. The van der Waals surface area contributed by atoms with Crippen LogP contribution in [-0.4, -0.2) is 52.6 Å². The lowest BCUT2D eigenvalue weighted by Gasteiger charge is -2.27. The third kappa shape index (κ3) is 3.95. The number of thiophene rings is 1. The maximum Gasteiger partial charge on any atom is 0.328 e. The van der Waals surface area contributed by atoms with Gasteiger partial charge in [0.25, 0.3) is 5.91 Å². The summed E-state index contributed by atoms with van der Waals surface area (Å²) >= 11 is 1.59. The molecule has 0 spiro atoms. The average Bonchev–Trinajstić information content (AvgIpc) is 3.10. The van der Waals surface area contributed by atoms with Gasteiger partial charge < -0.3 is 10.6 Å². The highest BCUT2D eigenvalue weighted by Crippen LogP contribution is 2.45. The number of carbonyl (C=O) groups is 2. The monoisotopic (exact) mass is 476 g/mol. The number of carbonyl (C=O) groups excluding carboxylic acids is 2. The van der Waals surface area contributed by atoms with E-state index in [1.165, 1.54) is 21.9 Å². The van der Waals surface area contributed by atoms with Crippen LogP contribution in [0.4, 0.5) is 4.79 Å². The second-order valence-electron chi connectivity index (χ2n) is 8.56. The van der Waals surface area contributed by atoms with Gasteiger partial charge >= 0.3 is 6.03 Å². The van der Waals surface area contributed by atoms with Gasteiger partial charge in [0.2, 0.25) is 0 Å². The van der Waals surface area contributed by atoms with Crippen LogP contribution in [0.2, 0.25) is 0 Å². The molecule has 9 nitrogen and oxygen atoms in total. The molecule has 1 aliphatic heterocycles. The number of nitrogens with zero attached hydrogens (tertiary/aromatic N) is 2. The molecule has 1 aliphatic carbocycles. The normalized spacial score (nSPS) is 18.5. The molecule has 11 heteroatoms. The Labute approximate surface area is 190 Å². The Bertz CT molecular complexity index is 1260. The number of nitrogens with two attached hydrogens (primary N) is 1. The fourth-order valence-electron chi connectivity index (χ4n) is 3.59. The predicted molar refractivity (Wildman–Crippen MR) is 119 cm³/mol. The molecule has 0 radical (unpaired) electrons. The van der Waals surface area contributed by atoms with Gasteiger partial charge in [0.15, 0.2) is 14.6 Å². The summed E-state index contributed by atoms with van der Waals surface area (Å²) in [5, 5.41) is 8.93. The second-order valence-corrected chi connectivity index (χ2v) is 12.1. The Hall–Kier alpha value is -2.65. The molecule has 0 bridgehead atoms. The zero-order valence-electron chi connectivity index (χ0n) is 17.7. The maximum absolute atomic E-state index is 12.7. The van der Waals surface area contributed by atoms with E-state index in [-0.39, 0.29) is 31.1 Å². The minimum absolute atomic E-state index is 0.0390. The molecule has 170 valence electrons. The number of aromatic nitrogens is 1. The number of amides is 2. The van der Waals surface area contributed by atoms with E-state index in [9.17, 15) is 18.0 Å². The van der Waals surface area contributed by atoms with Gasteiger partial charge in [0.05, 0.1) is 17.0 Å². The summed E-state index contributed by atoms with van der Waals surface area (Å²) in [4.78, 5) is 28.2. The SMILES string of the molecule is CC(CCN1Cc2cc(C#Cc3ccc(C4(N)CC4)s3)cn2C1=O)(C(=O)NO)S(C)(=O)=O. The molecule has 32 heavy (non-hydrogen) atoms. The van der Waals surface area contributed by atoms with Crippen molar-refractivity contribution in [1.29, 1.82) is 0 Å². The van der Waals surface area contributed by atoms with Crippen molar-refractivity contribution in [3.8, 4) is 11.8 Å². The van der Waals surface area contributed by atoms with Crippen LogP contribution in [-0.2, 0) is 26.7 Å². The number of sulfone groups is 1. The van der Waals surface area contributed by atoms with Crippen molar-refractivity contribution < 1.29 is 23.2 Å². The molecule has 4 rings (SSSR count). The molecule has 1 saturated carbocycles. The van der Waals surface area contributed by atoms with Gasteiger partial charge in [-0.2, -0.15) is 0 Å². The van der Waals surface area contributed by atoms with Crippen LogP contribution in [0, 0.1) is 11.8 Å². The number of fused-ring (bicyclic) bond motifs is 1. The first-order chi connectivity index (χ1) is 15.0. The minimum atomic E-state index is -3.83. The van der Waals surface area contributed by atoms with E-state index in [1.54, 1.807) is 17.5 Å². The number of nitrogens with one attached hydrogen (secondary N) is 1. The van der Waals surface area contributed by atoms with Gasteiger partial charge in [-0.05, 0) is 44.4 Å². The molecular weight excluding hydrogens is 452 g/mol. The first-order valence-corrected chi connectivity index (χ1v) is 12.7. The van der Waals surface area contributed by atoms with Crippen LogP contribution in [0.5, 0.6) is 0 Å². The molecule has 1 unspecified atom stereocenters. The molecule has 1 atom stereocenters. The van der Waals surface area contributed by atoms with Crippen molar-refractivity contribution in [1.82, 2.24) is 14.9 Å². The van der Waals surface area contributed by atoms with Crippen LogP contribution in [0.25, 0.3) is 0 Å². The van der Waals surface area contributed by atoms with Crippen molar-refractivity contribution in [2.24, 2.45) is 5.73 Å². The van der Waals surface area contributed by atoms with Crippen molar-refractivity contribution in [2.45, 2.75) is 43.0 Å². The lowest BCUT2D eigenvalue weighted by molar-refractivity contribution is -0.131. The van der Waals surface area contributed by atoms with E-state index in [2.05, 4.69) is 11.8 Å². The van der Waals surface area contributed by atoms with Crippen LogP contribution in [0.15, 0.2) is 24.4 Å². The standard InChI is InChI=1S/C21H24N4O5S2/c1-20(18(26)23-28,32(2,29)30)9-10-24-13-15-11-14(12-25(15)19(24)27)3-4-16-5-6-17(31-16)21(22)7-8-21/h5-6,11-12,28H,7-10,13,22H2,1-2H3,(H,23,26). The second kappa shape index (κ2) is 7.74. The van der Waals surface area contributed by atoms with E-state index in [4.69, 9.17) is 10.9 Å². The van der Waals surface area contributed by atoms with E-state index < -0.39 is 20.5 Å². The fourth-order valence-corrected chi connectivity index (χ4v) is 5.45. The van der Waals surface area contributed by atoms with Crippen molar-refractivity contribution in [3.05, 3.63) is 45.4 Å². The Balaban J connectivity index is 1.43. The minimum Gasteiger partial charge on any atom is -0.321 e. The zero-order chi connectivity index (χ0) is 23.3. The Morgan fingerprint density at radius 1 is 1.38 bits per heavy atom. The largest absolute Gasteiger partial charge is 0.328 e. The smallest absolute Gasteiger partial charge is 0.321 e. The Morgan fingerprint density at radius 3 is 2.69 bits per heavy atom. The summed E-state index contributed by atoms with van der Waals surface area (Å²) in [6.45, 7) is 1.55. The van der Waals surface area contributed by atoms with E-state index in [0.29, 0.717) is 5.56 Å². The quantitative estimate of drug-likeness (QED) is 0.328. The fraction of sp³-hybridized carbons (Fsp3) is 0.429. The Morgan fingerprint density at radius 2 is 2.09 bits per heavy atom. The van der Waals surface area contributed by atoms with Gasteiger partial charge in [-0.1, -0.05) is 11.8 Å². The Kier molecular flexibility index (Phi) is 5.45. The predicted octanol–water partition coefficient (Wildman–Crippen LogP) is 1.38. The first kappa shape index (κ1) is 22.5. The number of rotatable bonds is 6. The summed E-state index contributed by atoms with van der Waals surface area (Å²) in [5.41, 5.74) is 8.89. The first-order valence-electron chi connectivity index (χ1n) is 10.0. The summed E-state index contributed by atoms with van der Waals surface area (Å²) in [7, 11) is -3.83. The highest BCUT2D eigenvalue weighted by Gasteiger charge is 2.44. The van der Waals surface area contributed by atoms with Crippen LogP contribution >= 0.6 is 11.3 Å². The third-order valence-electron chi connectivity index (χ3n) is 6.20. The summed E-state index contributed by atoms with van der Waals surface area (Å²) in [5.74, 6) is 5.17. The molecule has 2 aromatic rings. The van der Waals surface area contributed by atoms with Crippen LogP contribution in [0.1, 0.15) is 47.2 Å². The lowest BCUT2D eigenvalue weighted by atomic mass is 10.1. The molecule has 2 amide bonds. The van der Waals surface area contributed by atoms with Crippen molar-refractivity contribution in [3.63, 3.8) is 0 Å². The molecular formula is C21H24N4O5S2. The van der Waals surface area contributed by atoms with Gasteiger partial charge in [-0.3, -0.25) is 14.6 Å². The third-order valence-corrected chi connectivity index (χ3v) is 9.45. The van der Waals surface area contributed by atoms with Gasteiger partial charge in [-0.15, -0.1) is 11.3 Å². The zero-order valence-corrected chi connectivity index (χ0v) is 19.3.